The van der Waals surface area contributed by atoms with Crippen LogP contribution in [0.15, 0.2) is 24.3 Å². The van der Waals surface area contributed by atoms with Gasteiger partial charge in [-0.3, -0.25) is 0 Å². The normalized spacial score (nSPS) is 18.9. The lowest BCUT2D eigenvalue weighted by Gasteiger charge is -2.29. The lowest BCUT2D eigenvalue weighted by Crippen LogP contribution is -2.14. The Morgan fingerprint density at radius 2 is 1.44 bits per heavy atom. The van der Waals surface area contributed by atoms with Gasteiger partial charge in [0.05, 0.1) is 5.56 Å². The zero-order valence-corrected chi connectivity index (χ0v) is 18.1. The van der Waals surface area contributed by atoms with Crippen molar-refractivity contribution in [1.29, 1.82) is 0 Å². The number of halogens is 6. The molecule has 2 aromatic rings. The maximum absolute atomic E-state index is 14.8. The molecule has 0 amide bonds. The first-order valence-electron chi connectivity index (χ1n) is 11.2. The van der Waals surface area contributed by atoms with Crippen molar-refractivity contribution in [3.05, 3.63) is 53.1 Å². The van der Waals surface area contributed by atoms with E-state index in [0.717, 1.165) is 25.7 Å². The summed E-state index contributed by atoms with van der Waals surface area (Å²) >= 11 is 0. The Morgan fingerprint density at radius 3 is 1.97 bits per heavy atom. The summed E-state index contributed by atoms with van der Waals surface area (Å²) in [7, 11) is 0. The van der Waals surface area contributed by atoms with Crippen molar-refractivity contribution in [2.75, 3.05) is 6.61 Å². The number of hydrogen-bond donors (Lipinski definition) is 0. The van der Waals surface area contributed by atoms with Crippen molar-refractivity contribution >= 4 is 0 Å². The molecule has 0 aromatic heterocycles. The molecule has 1 aliphatic carbocycles. The van der Waals surface area contributed by atoms with E-state index in [-0.39, 0.29) is 11.5 Å². The minimum atomic E-state index is -2.91. The van der Waals surface area contributed by atoms with Crippen LogP contribution < -0.4 is 4.74 Å². The molecule has 0 unspecified atom stereocenters. The second-order valence-electron chi connectivity index (χ2n) is 8.54. The molecule has 0 N–H and O–H groups in total. The van der Waals surface area contributed by atoms with E-state index in [1.807, 2.05) is 0 Å². The Balaban J connectivity index is 1.75. The second kappa shape index (κ2) is 11.1. The smallest absolute Gasteiger partial charge is 0.272 e. The van der Waals surface area contributed by atoms with E-state index in [2.05, 4.69) is 11.7 Å². The van der Waals surface area contributed by atoms with E-state index in [4.69, 9.17) is 0 Å². The number of rotatable bonds is 9. The molecular weight excluding hydrogens is 430 g/mol. The highest BCUT2D eigenvalue weighted by atomic mass is 19.3. The van der Waals surface area contributed by atoms with Crippen molar-refractivity contribution in [1.82, 2.24) is 0 Å². The first-order chi connectivity index (χ1) is 15.3. The third-order valence-corrected chi connectivity index (χ3v) is 6.24. The van der Waals surface area contributed by atoms with Crippen molar-refractivity contribution in [2.45, 2.75) is 70.6 Å². The summed E-state index contributed by atoms with van der Waals surface area (Å²) in [5.41, 5.74) is -0.362. The van der Waals surface area contributed by atoms with Gasteiger partial charge in [-0.1, -0.05) is 32.6 Å². The van der Waals surface area contributed by atoms with Crippen molar-refractivity contribution in [3.63, 3.8) is 0 Å². The van der Waals surface area contributed by atoms with E-state index < -0.39 is 47.6 Å². The van der Waals surface area contributed by atoms with Crippen molar-refractivity contribution < 1.29 is 31.1 Å². The van der Waals surface area contributed by atoms with Crippen LogP contribution in [-0.4, -0.2) is 13.0 Å². The average Bonchev–Trinajstić information content (AvgIpc) is 2.73. The Bertz CT molecular complexity index is 859. The summed E-state index contributed by atoms with van der Waals surface area (Å²) in [5.74, 6) is -4.72. The van der Waals surface area contributed by atoms with Crippen LogP contribution in [0.1, 0.15) is 69.8 Å². The standard InChI is InChI=1S/C25H28F6O/c1-2-3-4-5-15-6-8-16(9-7-15)17-10-19(26)24(20(27)11-17)18-12-21(28)25(22(29)13-18)32-14-23(30)31/h10-13,15-16,23H,2-9,14H2,1H3. The monoisotopic (exact) mass is 458 g/mol. The fourth-order valence-corrected chi connectivity index (χ4v) is 4.56. The van der Waals surface area contributed by atoms with E-state index in [9.17, 15) is 26.3 Å². The third kappa shape index (κ3) is 5.99. The summed E-state index contributed by atoms with van der Waals surface area (Å²) < 4.78 is 86.9. The van der Waals surface area contributed by atoms with Crippen LogP contribution in [0, 0.1) is 29.2 Å². The minimum Gasteiger partial charge on any atom is -0.482 e. The molecule has 0 aliphatic heterocycles. The summed E-state index contributed by atoms with van der Waals surface area (Å²) in [4.78, 5) is 0. The van der Waals surface area contributed by atoms with Crippen LogP contribution in [0.4, 0.5) is 26.3 Å². The number of ether oxygens (including phenoxy) is 1. The topological polar surface area (TPSA) is 9.23 Å². The van der Waals surface area contributed by atoms with Gasteiger partial charge in [0.1, 0.15) is 18.2 Å². The lowest BCUT2D eigenvalue weighted by molar-refractivity contribution is 0.0777. The molecule has 1 fully saturated rings. The van der Waals surface area contributed by atoms with E-state index in [1.165, 1.54) is 37.8 Å². The number of alkyl halides is 2. The summed E-state index contributed by atoms with van der Waals surface area (Å²) in [6, 6.07) is 3.84. The molecular formula is C25H28F6O. The van der Waals surface area contributed by atoms with E-state index in [0.29, 0.717) is 23.6 Å². The molecule has 0 heterocycles. The van der Waals surface area contributed by atoms with Gasteiger partial charge in [-0.2, -0.15) is 0 Å². The van der Waals surface area contributed by atoms with Crippen LogP contribution >= 0.6 is 0 Å². The van der Waals surface area contributed by atoms with Gasteiger partial charge < -0.3 is 4.74 Å². The summed E-state index contributed by atoms with van der Waals surface area (Å²) in [6.07, 6.45) is 5.65. The first-order valence-corrected chi connectivity index (χ1v) is 11.2. The van der Waals surface area contributed by atoms with Gasteiger partial charge in [0.2, 0.25) is 0 Å². The van der Waals surface area contributed by atoms with E-state index >= 15 is 0 Å². The molecule has 1 saturated carbocycles. The number of unbranched alkanes of at least 4 members (excludes halogenated alkanes) is 2. The van der Waals surface area contributed by atoms with Gasteiger partial charge in [0, 0.05) is 0 Å². The molecule has 0 atom stereocenters. The lowest BCUT2D eigenvalue weighted by atomic mass is 9.77. The van der Waals surface area contributed by atoms with Gasteiger partial charge in [-0.25, -0.2) is 26.3 Å². The zero-order chi connectivity index (χ0) is 23.3. The Hall–Kier alpha value is -2.18. The molecule has 0 spiro atoms. The first kappa shape index (κ1) is 24.5. The summed E-state index contributed by atoms with van der Waals surface area (Å²) in [5, 5.41) is 0. The predicted octanol–water partition coefficient (Wildman–Crippen LogP) is 8.41. The van der Waals surface area contributed by atoms with Crippen LogP contribution in [0.2, 0.25) is 0 Å². The van der Waals surface area contributed by atoms with Gasteiger partial charge in [0.25, 0.3) is 6.43 Å². The van der Waals surface area contributed by atoms with Gasteiger partial charge in [-0.05, 0) is 72.9 Å². The van der Waals surface area contributed by atoms with Crippen molar-refractivity contribution in [3.8, 4) is 16.9 Å². The van der Waals surface area contributed by atoms with Crippen LogP contribution in [-0.2, 0) is 0 Å². The molecule has 3 rings (SSSR count). The number of benzene rings is 2. The van der Waals surface area contributed by atoms with E-state index in [1.54, 1.807) is 0 Å². The third-order valence-electron chi connectivity index (χ3n) is 6.24. The second-order valence-corrected chi connectivity index (χ2v) is 8.54. The quantitative estimate of drug-likeness (QED) is 0.271. The molecule has 1 aliphatic rings. The van der Waals surface area contributed by atoms with Gasteiger partial charge in [0.15, 0.2) is 17.4 Å². The highest BCUT2D eigenvalue weighted by Gasteiger charge is 2.25. The fraction of sp³-hybridized carbons (Fsp3) is 0.520. The Morgan fingerprint density at radius 1 is 0.844 bits per heavy atom. The van der Waals surface area contributed by atoms with Crippen molar-refractivity contribution in [2.24, 2.45) is 5.92 Å². The molecule has 7 heteroatoms. The SMILES string of the molecule is CCCCCC1CCC(c2cc(F)c(-c3cc(F)c(OCC(F)F)c(F)c3)c(F)c2)CC1. The maximum atomic E-state index is 14.8. The Labute approximate surface area is 184 Å². The average molecular weight is 458 g/mol. The highest BCUT2D eigenvalue weighted by Crippen LogP contribution is 2.40. The predicted molar refractivity (Wildman–Crippen MR) is 112 cm³/mol. The van der Waals surface area contributed by atoms with Crippen LogP contribution in [0.5, 0.6) is 5.75 Å². The van der Waals surface area contributed by atoms with Gasteiger partial charge >= 0.3 is 0 Å². The minimum absolute atomic E-state index is 0.0501. The number of hydrogen-bond acceptors (Lipinski definition) is 1. The molecule has 176 valence electrons. The highest BCUT2D eigenvalue weighted by molar-refractivity contribution is 5.66. The molecule has 0 bridgehead atoms. The fourth-order valence-electron chi connectivity index (χ4n) is 4.56. The largest absolute Gasteiger partial charge is 0.482 e. The molecule has 0 saturated heterocycles. The molecule has 0 radical (unpaired) electrons. The van der Waals surface area contributed by atoms with Crippen LogP contribution in [0.3, 0.4) is 0 Å². The molecule has 2 aromatic carbocycles. The van der Waals surface area contributed by atoms with Crippen LogP contribution in [0.25, 0.3) is 11.1 Å². The summed E-state index contributed by atoms with van der Waals surface area (Å²) in [6.45, 7) is 0.980. The molecule has 1 nitrogen and oxygen atoms in total. The Kier molecular flexibility index (Phi) is 8.49. The molecule has 32 heavy (non-hydrogen) atoms. The maximum Gasteiger partial charge on any atom is 0.272 e. The zero-order valence-electron chi connectivity index (χ0n) is 18.1. The van der Waals surface area contributed by atoms with Gasteiger partial charge in [-0.15, -0.1) is 0 Å².